The molecule has 0 heterocycles. The second kappa shape index (κ2) is 6.58. The predicted molar refractivity (Wildman–Crippen MR) is 76.3 cm³/mol. The summed E-state index contributed by atoms with van der Waals surface area (Å²) in [5, 5.41) is 3.47. The van der Waals surface area contributed by atoms with Crippen molar-refractivity contribution in [3.63, 3.8) is 0 Å². The zero-order valence-corrected chi connectivity index (χ0v) is 12.1. The van der Waals surface area contributed by atoms with Gasteiger partial charge in [0.2, 0.25) is 0 Å². The van der Waals surface area contributed by atoms with Gasteiger partial charge in [-0.15, -0.1) is 11.6 Å². The second-order valence-corrected chi connectivity index (χ2v) is 5.53. The molecule has 0 aromatic heterocycles. The smallest absolute Gasteiger partial charge is 0.169 e. The molecule has 19 heavy (non-hydrogen) atoms. The third kappa shape index (κ3) is 3.40. The predicted octanol–water partition coefficient (Wildman–Crippen LogP) is 3.87. The van der Waals surface area contributed by atoms with E-state index in [1.54, 1.807) is 12.1 Å². The number of ether oxygens (including phenoxy) is 1. The summed E-state index contributed by atoms with van der Waals surface area (Å²) in [6.07, 6.45) is 5.80. The van der Waals surface area contributed by atoms with Gasteiger partial charge in [0.25, 0.3) is 0 Å². The van der Waals surface area contributed by atoms with E-state index in [1.165, 1.54) is 26.4 Å². The molecule has 1 aromatic rings. The molecule has 1 fully saturated rings. The molecule has 2 rings (SSSR count). The molecule has 1 N–H and O–H groups in total. The summed E-state index contributed by atoms with van der Waals surface area (Å²) in [4.78, 5) is 0. The maximum absolute atomic E-state index is 14.1. The molecule has 0 atom stereocenters. The van der Waals surface area contributed by atoms with E-state index in [2.05, 4.69) is 5.32 Å². The molecule has 0 bridgehead atoms. The van der Waals surface area contributed by atoms with Crippen molar-refractivity contribution in [1.29, 1.82) is 0 Å². The minimum Gasteiger partial charge on any atom is -0.494 e. The molecule has 0 amide bonds. The number of halogens is 2. The summed E-state index contributed by atoms with van der Waals surface area (Å²) in [6, 6.07) is 5.24. The van der Waals surface area contributed by atoms with Crippen LogP contribution >= 0.6 is 11.6 Å². The Kier molecular flexibility index (Phi) is 5.06. The van der Waals surface area contributed by atoms with E-state index < -0.39 is 0 Å². The quantitative estimate of drug-likeness (QED) is 0.830. The molecule has 0 spiro atoms. The Morgan fingerprint density at radius 2 is 2.05 bits per heavy atom. The van der Waals surface area contributed by atoms with E-state index in [-0.39, 0.29) is 11.4 Å². The Labute approximate surface area is 119 Å². The van der Waals surface area contributed by atoms with Gasteiger partial charge in [-0.25, -0.2) is 4.39 Å². The van der Waals surface area contributed by atoms with E-state index in [9.17, 15) is 4.39 Å². The molecule has 1 aromatic carbocycles. The Bertz CT molecular complexity index is 419. The van der Waals surface area contributed by atoms with Crippen LogP contribution in [0.15, 0.2) is 18.2 Å². The van der Waals surface area contributed by atoms with Gasteiger partial charge in [-0.1, -0.05) is 31.4 Å². The monoisotopic (exact) mass is 285 g/mol. The van der Waals surface area contributed by atoms with Crippen molar-refractivity contribution in [1.82, 2.24) is 5.32 Å². The van der Waals surface area contributed by atoms with Crippen LogP contribution in [0.3, 0.4) is 0 Å². The number of nitrogens with one attached hydrogen (secondary N) is 1. The molecule has 1 aliphatic rings. The fourth-order valence-electron chi connectivity index (χ4n) is 2.72. The third-order valence-electron chi connectivity index (χ3n) is 3.98. The standard InChI is InChI=1S/C15H21ClFNO/c1-19-13-7-5-6-12(14(13)17)10-18-15(11-16)8-3-2-4-9-15/h5-7,18H,2-4,8-11H2,1H3. The summed E-state index contributed by atoms with van der Waals surface area (Å²) < 4.78 is 19.1. The molecule has 1 saturated carbocycles. The number of hydrogen-bond acceptors (Lipinski definition) is 2. The van der Waals surface area contributed by atoms with Crippen molar-refractivity contribution in [2.75, 3.05) is 13.0 Å². The van der Waals surface area contributed by atoms with Crippen molar-refractivity contribution < 1.29 is 9.13 Å². The highest BCUT2D eigenvalue weighted by Crippen LogP contribution is 2.30. The van der Waals surface area contributed by atoms with Gasteiger partial charge in [-0.2, -0.15) is 0 Å². The van der Waals surface area contributed by atoms with Crippen LogP contribution < -0.4 is 10.1 Å². The van der Waals surface area contributed by atoms with Gasteiger partial charge in [0, 0.05) is 23.5 Å². The fourth-order valence-corrected chi connectivity index (χ4v) is 3.08. The SMILES string of the molecule is COc1cccc(CNC2(CCl)CCCCC2)c1F. The average molecular weight is 286 g/mol. The van der Waals surface area contributed by atoms with Crippen molar-refractivity contribution in [2.24, 2.45) is 0 Å². The zero-order valence-electron chi connectivity index (χ0n) is 11.3. The number of hydrogen-bond donors (Lipinski definition) is 1. The van der Waals surface area contributed by atoms with Crippen LogP contribution in [0, 0.1) is 5.82 Å². The molecule has 4 heteroatoms. The van der Waals surface area contributed by atoms with Crippen LogP contribution in [0.2, 0.25) is 0 Å². The van der Waals surface area contributed by atoms with E-state index in [0.717, 1.165) is 12.8 Å². The van der Waals surface area contributed by atoms with Crippen molar-refractivity contribution in [2.45, 2.75) is 44.2 Å². The maximum atomic E-state index is 14.1. The Balaban J connectivity index is 2.05. The highest BCUT2D eigenvalue weighted by molar-refractivity contribution is 6.18. The molecule has 0 saturated heterocycles. The van der Waals surface area contributed by atoms with Crippen LogP contribution in [0.1, 0.15) is 37.7 Å². The lowest BCUT2D eigenvalue weighted by Gasteiger charge is -2.36. The first-order chi connectivity index (χ1) is 9.21. The summed E-state index contributed by atoms with van der Waals surface area (Å²) in [7, 11) is 1.48. The maximum Gasteiger partial charge on any atom is 0.169 e. The van der Waals surface area contributed by atoms with E-state index in [1.807, 2.05) is 6.07 Å². The third-order valence-corrected chi connectivity index (χ3v) is 4.50. The highest BCUT2D eigenvalue weighted by atomic mass is 35.5. The molecule has 2 nitrogen and oxygen atoms in total. The molecule has 106 valence electrons. The van der Waals surface area contributed by atoms with Crippen molar-refractivity contribution >= 4 is 11.6 Å². The summed E-state index contributed by atoms with van der Waals surface area (Å²) >= 11 is 6.12. The number of methoxy groups -OCH3 is 1. The first-order valence-corrected chi connectivity index (χ1v) is 7.36. The Morgan fingerprint density at radius 1 is 1.32 bits per heavy atom. The van der Waals surface area contributed by atoms with Crippen LogP contribution in [-0.2, 0) is 6.54 Å². The molecule has 0 aliphatic heterocycles. The lowest BCUT2D eigenvalue weighted by atomic mass is 9.83. The molecular formula is C15H21ClFNO. The summed E-state index contributed by atoms with van der Waals surface area (Å²) in [5.41, 5.74) is 0.601. The van der Waals surface area contributed by atoms with Gasteiger partial charge >= 0.3 is 0 Å². The van der Waals surface area contributed by atoms with Gasteiger partial charge < -0.3 is 10.1 Å². The summed E-state index contributed by atoms with van der Waals surface area (Å²) in [6.45, 7) is 0.496. The topological polar surface area (TPSA) is 21.3 Å². The van der Waals surface area contributed by atoms with Gasteiger partial charge in [0.15, 0.2) is 11.6 Å². The first-order valence-electron chi connectivity index (χ1n) is 6.83. The molecule has 0 unspecified atom stereocenters. The molecule has 1 aliphatic carbocycles. The fraction of sp³-hybridized carbons (Fsp3) is 0.600. The van der Waals surface area contributed by atoms with Crippen LogP contribution in [0.5, 0.6) is 5.75 Å². The van der Waals surface area contributed by atoms with Gasteiger partial charge in [-0.05, 0) is 18.9 Å². The van der Waals surface area contributed by atoms with E-state index in [0.29, 0.717) is 23.7 Å². The van der Waals surface area contributed by atoms with Crippen molar-refractivity contribution in [3.8, 4) is 5.75 Å². The normalized spacial score (nSPS) is 18.3. The van der Waals surface area contributed by atoms with E-state index in [4.69, 9.17) is 16.3 Å². The second-order valence-electron chi connectivity index (χ2n) is 5.26. The molecule has 0 radical (unpaired) electrons. The summed E-state index contributed by atoms with van der Waals surface area (Å²) in [5.74, 6) is 0.597. The Morgan fingerprint density at radius 3 is 2.68 bits per heavy atom. The minimum absolute atomic E-state index is 0.0324. The lowest BCUT2D eigenvalue weighted by molar-refractivity contribution is 0.255. The largest absolute Gasteiger partial charge is 0.494 e. The lowest BCUT2D eigenvalue weighted by Crippen LogP contribution is -2.48. The van der Waals surface area contributed by atoms with Gasteiger partial charge in [0.1, 0.15) is 0 Å². The van der Waals surface area contributed by atoms with Gasteiger partial charge in [-0.3, -0.25) is 0 Å². The zero-order chi connectivity index (χ0) is 13.7. The average Bonchev–Trinajstić information content (AvgIpc) is 2.47. The van der Waals surface area contributed by atoms with Crippen LogP contribution in [-0.4, -0.2) is 18.5 Å². The number of rotatable bonds is 5. The Hall–Kier alpha value is -0.800. The number of benzene rings is 1. The van der Waals surface area contributed by atoms with E-state index >= 15 is 0 Å². The van der Waals surface area contributed by atoms with Gasteiger partial charge in [0.05, 0.1) is 7.11 Å². The van der Waals surface area contributed by atoms with Crippen LogP contribution in [0.4, 0.5) is 4.39 Å². The first kappa shape index (κ1) is 14.6. The number of alkyl halides is 1. The van der Waals surface area contributed by atoms with Crippen molar-refractivity contribution in [3.05, 3.63) is 29.6 Å². The highest BCUT2D eigenvalue weighted by Gasteiger charge is 2.30. The molecular weight excluding hydrogens is 265 g/mol. The minimum atomic E-state index is -0.280. The van der Waals surface area contributed by atoms with Crippen LogP contribution in [0.25, 0.3) is 0 Å².